The Kier molecular flexibility index (Phi) is 7.82. The molecule has 1 amide bonds. The number of carbonyl (C=O) groups is 1. The highest BCUT2D eigenvalue weighted by Gasteiger charge is 2.30. The Balaban J connectivity index is 1.89. The first kappa shape index (κ1) is 16.2. The lowest BCUT2D eigenvalue weighted by molar-refractivity contribution is 0.0972. The van der Waals surface area contributed by atoms with Gasteiger partial charge in [0.05, 0.1) is 0 Å². The van der Waals surface area contributed by atoms with Gasteiger partial charge in [0.25, 0.3) is 0 Å². The standard InChI is InChI=1S/C14H29N3O2/c1-12-10-17(12)11-13(2)19-14(18)16-9-7-5-4-6-8-15-3/h12-13,15H,4-11H2,1-3H3,(H,16,18). The third-order valence-corrected chi connectivity index (χ3v) is 3.41. The highest BCUT2D eigenvalue weighted by molar-refractivity contribution is 5.67. The summed E-state index contributed by atoms with van der Waals surface area (Å²) in [4.78, 5) is 13.8. The van der Waals surface area contributed by atoms with Gasteiger partial charge in [0.15, 0.2) is 0 Å². The third kappa shape index (κ3) is 8.06. The normalized spacial score (nSPS) is 22.9. The number of nitrogens with one attached hydrogen (secondary N) is 2. The molecule has 1 heterocycles. The number of unbranched alkanes of at least 4 members (excludes halogenated alkanes) is 3. The molecule has 3 atom stereocenters. The topological polar surface area (TPSA) is 53.4 Å². The molecular weight excluding hydrogens is 242 g/mol. The number of rotatable bonds is 10. The molecule has 112 valence electrons. The van der Waals surface area contributed by atoms with E-state index in [1.807, 2.05) is 14.0 Å². The fraction of sp³-hybridized carbons (Fsp3) is 0.929. The van der Waals surface area contributed by atoms with Crippen molar-refractivity contribution in [1.82, 2.24) is 15.5 Å². The second kappa shape index (κ2) is 9.15. The van der Waals surface area contributed by atoms with Gasteiger partial charge in [-0.25, -0.2) is 4.79 Å². The molecule has 3 unspecified atom stereocenters. The second-order valence-corrected chi connectivity index (χ2v) is 5.46. The number of nitrogens with zero attached hydrogens (tertiary/aromatic N) is 1. The number of alkyl carbamates (subject to hydrolysis) is 1. The van der Waals surface area contributed by atoms with E-state index in [-0.39, 0.29) is 12.2 Å². The number of ether oxygens (including phenoxy) is 1. The van der Waals surface area contributed by atoms with Crippen LogP contribution in [0, 0.1) is 0 Å². The van der Waals surface area contributed by atoms with Gasteiger partial charge < -0.3 is 15.4 Å². The Bertz CT molecular complexity index is 261. The number of amides is 1. The van der Waals surface area contributed by atoms with E-state index in [0.29, 0.717) is 12.6 Å². The van der Waals surface area contributed by atoms with Crippen molar-refractivity contribution in [2.75, 3.05) is 33.2 Å². The fourth-order valence-electron chi connectivity index (χ4n) is 2.11. The van der Waals surface area contributed by atoms with Gasteiger partial charge in [-0.1, -0.05) is 12.8 Å². The summed E-state index contributed by atoms with van der Waals surface area (Å²) in [6.07, 6.45) is 4.28. The Morgan fingerprint density at radius 2 is 1.95 bits per heavy atom. The van der Waals surface area contributed by atoms with Crippen LogP contribution in [0.5, 0.6) is 0 Å². The van der Waals surface area contributed by atoms with Gasteiger partial charge in [-0.05, 0) is 40.3 Å². The number of hydrogen-bond acceptors (Lipinski definition) is 4. The van der Waals surface area contributed by atoms with Crippen LogP contribution in [0.4, 0.5) is 4.79 Å². The van der Waals surface area contributed by atoms with E-state index < -0.39 is 0 Å². The van der Waals surface area contributed by atoms with Crippen LogP contribution in [0.2, 0.25) is 0 Å². The first-order valence-corrected chi connectivity index (χ1v) is 7.46. The van der Waals surface area contributed by atoms with E-state index >= 15 is 0 Å². The zero-order valence-electron chi connectivity index (χ0n) is 12.6. The Labute approximate surface area is 117 Å². The summed E-state index contributed by atoms with van der Waals surface area (Å²) in [6.45, 7) is 7.89. The average Bonchev–Trinajstić information content (AvgIpc) is 3.03. The van der Waals surface area contributed by atoms with Gasteiger partial charge in [-0.3, -0.25) is 4.90 Å². The van der Waals surface area contributed by atoms with Crippen molar-refractivity contribution in [3.63, 3.8) is 0 Å². The van der Waals surface area contributed by atoms with Gasteiger partial charge in [0.2, 0.25) is 0 Å². The van der Waals surface area contributed by atoms with E-state index in [0.717, 1.165) is 32.5 Å². The molecule has 1 rings (SSSR count). The van der Waals surface area contributed by atoms with Crippen molar-refractivity contribution in [2.45, 2.75) is 51.7 Å². The lowest BCUT2D eigenvalue weighted by Gasteiger charge is -2.14. The second-order valence-electron chi connectivity index (χ2n) is 5.46. The Morgan fingerprint density at radius 3 is 2.53 bits per heavy atom. The van der Waals surface area contributed by atoms with Crippen LogP contribution in [0.3, 0.4) is 0 Å². The summed E-state index contributed by atoms with van der Waals surface area (Å²) in [5, 5.41) is 5.94. The molecule has 0 radical (unpaired) electrons. The molecule has 5 nitrogen and oxygen atoms in total. The molecule has 0 saturated carbocycles. The maximum atomic E-state index is 11.5. The quantitative estimate of drug-likeness (QED) is 0.468. The lowest BCUT2D eigenvalue weighted by Crippen LogP contribution is -2.31. The smallest absolute Gasteiger partial charge is 0.407 e. The molecular formula is C14H29N3O2. The molecule has 1 aliphatic heterocycles. The van der Waals surface area contributed by atoms with Crippen LogP contribution in [0.15, 0.2) is 0 Å². The molecule has 0 aromatic heterocycles. The van der Waals surface area contributed by atoms with Crippen LogP contribution < -0.4 is 10.6 Å². The summed E-state index contributed by atoms with van der Waals surface area (Å²) >= 11 is 0. The van der Waals surface area contributed by atoms with Crippen molar-refractivity contribution in [1.29, 1.82) is 0 Å². The molecule has 5 heteroatoms. The van der Waals surface area contributed by atoms with Gasteiger partial charge in [0.1, 0.15) is 6.10 Å². The average molecular weight is 271 g/mol. The molecule has 0 aromatic rings. The summed E-state index contributed by atoms with van der Waals surface area (Å²) in [7, 11) is 1.97. The summed E-state index contributed by atoms with van der Waals surface area (Å²) in [5.41, 5.74) is 0. The minimum absolute atomic E-state index is 0.0272. The van der Waals surface area contributed by atoms with Gasteiger partial charge in [-0.15, -0.1) is 0 Å². The van der Waals surface area contributed by atoms with E-state index in [9.17, 15) is 4.79 Å². The van der Waals surface area contributed by atoms with Gasteiger partial charge in [-0.2, -0.15) is 0 Å². The Morgan fingerprint density at radius 1 is 1.32 bits per heavy atom. The van der Waals surface area contributed by atoms with Crippen LogP contribution in [0.1, 0.15) is 39.5 Å². The van der Waals surface area contributed by atoms with E-state index in [2.05, 4.69) is 22.5 Å². The van der Waals surface area contributed by atoms with Gasteiger partial charge >= 0.3 is 6.09 Å². The van der Waals surface area contributed by atoms with E-state index in [4.69, 9.17) is 4.74 Å². The highest BCUT2D eigenvalue weighted by Crippen LogP contribution is 2.16. The lowest BCUT2D eigenvalue weighted by atomic mass is 10.2. The Hall–Kier alpha value is -0.810. The summed E-state index contributed by atoms with van der Waals surface area (Å²) in [6, 6.07) is 0.659. The van der Waals surface area contributed by atoms with Crippen LogP contribution in [0.25, 0.3) is 0 Å². The van der Waals surface area contributed by atoms with Crippen LogP contribution >= 0.6 is 0 Å². The predicted octanol–water partition coefficient (Wildman–Crippen LogP) is 1.59. The van der Waals surface area contributed by atoms with Gasteiger partial charge in [0, 0.05) is 25.7 Å². The number of hydrogen-bond donors (Lipinski definition) is 2. The predicted molar refractivity (Wildman–Crippen MR) is 77.4 cm³/mol. The van der Waals surface area contributed by atoms with Crippen molar-refractivity contribution in [3.8, 4) is 0 Å². The largest absolute Gasteiger partial charge is 0.445 e. The summed E-state index contributed by atoms with van der Waals surface area (Å²) in [5.74, 6) is 0. The molecule has 0 bridgehead atoms. The maximum absolute atomic E-state index is 11.5. The maximum Gasteiger partial charge on any atom is 0.407 e. The molecule has 0 aliphatic carbocycles. The fourth-order valence-corrected chi connectivity index (χ4v) is 2.11. The molecule has 2 N–H and O–H groups in total. The number of carbonyl (C=O) groups excluding carboxylic acids is 1. The van der Waals surface area contributed by atoms with E-state index in [1.54, 1.807) is 0 Å². The minimum Gasteiger partial charge on any atom is -0.445 e. The molecule has 19 heavy (non-hydrogen) atoms. The molecule has 0 spiro atoms. The van der Waals surface area contributed by atoms with E-state index in [1.165, 1.54) is 12.8 Å². The third-order valence-electron chi connectivity index (χ3n) is 3.41. The molecule has 1 saturated heterocycles. The van der Waals surface area contributed by atoms with Crippen molar-refractivity contribution in [3.05, 3.63) is 0 Å². The SMILES string of the molecule is CNCCCCCCNC(=O)OC(C)CN1CC1C. The molecule has 1 aliphatic rings. The monoisotopic (exact) mass is 271 g/mol. The molecule has 1 fully saturated rings. The van der Waals surface area contributed by atoms with Crippen molar-refractivity contribution in [2.24, 2.45) is 0 Å². The minimum atomic E-state index is -0.280. The zero-order valence-corrected chi connectivity index (χ0v) is 12.6. The van der Waals surface area contributed by atoms with Crippen molar-refractivity contribution >= 4 is 6.09 Å². The summed E-state index contributed by atoms with van der Waals surface area (Å²) < 4.78 is 5.29. The van der Waals surface area contributed by atoms with Crippen LogP contribution in [-0.2, 0) is 4.74 Å². The first-order valence-electron chi connectivity index (χ1n) is 7.46. The first-order chi connectivity index (χ1) is 9.13. The van der Waals surface area contributed by atoms with Crippen molar-refractivity contribution < 1.29 is 9.53 Å². The molecule has 0 aromatic carbocycles. The zero-order chi connectivity index (χ0) is 14.1. The highest BCUT2D eigenvalue weighted by atomic mass is 16.6. The van der Waals surface area contributed by atoms with Crippen LogP contribution in [-0.4, -0.2) is 56.4 Å².